The number of carbonyl (C=O) groups excluding carboxylic acids is 1. The lowest BCUT2D eigenvalue weighted by atomic mass is 10.1. The van der Waals surface area contributed by atoms with Crippen LogP contribution in [0.1, 0.15) is 34.1 Å². The molecule has 1 saturated heterocycles. The molecule has 0 spiro atoms. The number of alkyl halides is 2. The molecule has 0 saturated carbocycles. The Kier molecular flexibility index (Phi) is 5.07. The van der Waals surface area contributed by atoms with E-state index in [0.717, 1.165) is 10.2 Å². The van der Waals surface area contributed by atoms with Crippen molar-refractivity contribution in [1.29, 1.82) is 0 Å². The van der Waals surface area contributed by atoms with Gasteiger partial charge in [-0.2, -0.15) is 5.10 Å². The highest BCUT2D eigenvalue weighted by molar-refractivity contribution is 5.95. The molecule has 4 rings (SSSR count). The average molecular weight is 384 g/mol. The molecule has 1 N–H and O–H groups in total. The van der Waals surface area contributed by atoms with Crippen molar-refractivity contribution >= 4 is 5.91 Å². The number of aromatic nitrogens is 4. The number of rotatable bonds is 4. The number of piperazine rings is 1. The second-order valence-electron chi connectivity index (χ2n) is 6.40. The van der Waals surface area contributed by atoms with Gasteiger partial charge in [0.05, 0.1) is 23.5 Å². The van der Waals surface area contributed by atoms with E-state index in [1.807, 2.05) is 12.1 Å². The summed E-state index contributed by atoms with van der Waals surface area (Å²) in [5.74, 6) is -0.448. The van der Waals surface area contributed by atoms with Crippen molar-refractivity contribution in [3.8, 4) is 5.69 Å². The maximum atomic E-state index is 13.8. The molecule has 9 heteroatoms. The second-order valence-corrected chi connectivity index (χ2v) is 6.40. The Labute approximate surface area is 160 Å². The molecule has 3 aromatic rings. The molecule has 0 bridgehead atoms. The lowest BCUT2D eigenvalue weighted by Gasteiger charge is -2.34. The third-order valence-corrected chi connectivity index (χ3v) is 4.72. The zero-order valence-corrected chi connectivity index (χ0v) is 14.9. The predicted molar refractivity (Wildman–Crippen MR) is 97.2 cm³/mol. The summed E-state index contributed by atoms with van der Waals surface area (Å²) in [6, 6.07) is 6.80. The lowest BCUT2D eigenvalue weighted by molar-refractivity contribution is 0.0690. The number of pyridine rings is 2. The number of hydrogen-bond acceptors (Lipinski definition) is 5. The topological polar surface area (TPSA) is 75.9 Å². The molecule has 1 fully saturated rings. The molecule has 4 heterocycles. The van der Waals surface area contributed by atoms with Gasteiger partial charge in [-0.3, -0.25) is 14.8 Å². The minimum Gasteiger partial charge on any atom is -0.335 e. The summed E-state index contributed by atoms with van der Waals surface area (Å²) < 4.78 is 28.7. The molecular formula is C19H18F2N6O. The van der Waals surface area contributed by atoms with E-state index in [2.05, 4.69) is 20.4 Å². The van der Waals surface area contributed by atoms with Crippen molar-refractivity contribution in [2.24, 2.45) is 0 Å². The van der Waals surface area contributed by atoms with Crippen LogP contribution in [0.2, 0.25) is 0 Å². The van der Waals surface area contributed by atoms with Gasteiger partial charge >= 0.3 is 0 Å². The maximum absolute atomic E-state index is 13.8. The third kappa shape index (κ3) is 3.48. The van der Waals surface area contributed by atoms with Crippen molar-refractivity contribution in [3.05, 3.63) is 72.1 Å². The Morgan fingerprint density at radius 1 is 1.11 bits per heavy atom. The molecule has 144 valence electrons. The van der Waals surface area contributed by atoms with Gasteiger partial charge in [-0.25, -0.2) is 13.5 Å². The Morgan fingerprint density at radius 2 is 1.79 bits per heavy atom. The van der Waals surface area contributed by atoms with Crippen LogP contribution in [0.4, 0.5) is 8.78 Å². The van der Waals surface area contributed by atoms with E-state index >= 15 is 0 Å². The van der Waals surface area contributed by atoms with E-state index in [4.69, 9.17) is 0 Å². The van der Waals surface area contributed by atoms with Crippen molar-refractivity contribution in [1.82, 2.24) is 30.0 Å². The van der Waals surface area contributed by atoms with Crippen LogP contribution in [0.25, 0.3) is 5.69 Å². The summed E-state index contributed by atoms with van der Waals surface area (Å²) in [6.07, 6.45) is 4.73. The summed E-state index contributed by atoms with van der Waals surface area (Å²) >= 11 is 0. The van der Waals surface area contributed by atoms with Crippen LogP contribution in [0.3, 0.4) is 0 Å². The van der Waals surface area contributed by atoms with E-state index in [1.165, 1.54) is 18.6 Å². The molecule has 7 nitrogen and oxygen atoms in total. The highest BCUT2D eigenvalue weighted by Gasteiger charge is 2.31. The van der Waals surface area contributed by atoms with Gasteiger partial charge in [0, 0.05) is 44.4 Å². The smallest absolute Gasteiger partial charge is 0.281 e. The number of nitrogens with one attached hydrogen (secondary N) is 1. The number of hydrogen-bond donors (Lipinski definition) is 1. The summed E-state index contributed by atoms with van der Waals surface area (Å²) in [5.41, 5.74) is 0.936. The minimum absolute atomic E-state index is 0.0778. The van der Waals surface area contributed by atoms with Crippen LogP contribution in [0.5, 0.6) is 0 Å². The first-order valence-electron chi connectivity index (χ1n) is 8.84. The highest BCUT2D eigenvalue weighted by Crippen LogP contribution is 2.27. The van der Waals surface area contributed by atoms with Gasteiger partial charge in [0.2, 0.25) is 0 Å². The zero-order valence-electron chi connectivity index (χ0n) is 14.9. The van der Waals surface area contributed by atoms with Gasteiger partial charge < -0.3 is 10.2 Å². The Hall–Kier alpha value is -3.20. The standard InChI is InChI=1S/C19H18F2N6O/c20-18(21)17-15(11-25-27(17)14-3-7-23-8-4-14)19(28)26-10-9-24-16(12-26)13-1-5-22-6-2-13/h1-8,11,16,18,24H,9-10,12H2. The third-order valence-electron chi connectivity index (χ3n) is 4.72. The van der Waals surface area contributed by atoms with Crippen molar-refractivity contribution in [2.75, 3.05) is 19.6 Å². The molecule has 1 amide bonds. The molecule has 1 atom stereocenters. The summed E-state index contributed by atoms with van der Waals surface area (Å²) in [6.45, 7) is 1.39. The fraction of sp³-hybridized carbons (Fsp3) is 0.263. The van der Waals surface area contributed by atoms with E-state index in [0.29, 0.717) is 25.3 Å². The second kappa shape index (κ2) is 7.81. The van der Waals surface area contributed by atoms with Crippen molar-refractivity contribution < 1.29 is 13.6 Å². The SMILES string of the molecule is O=C(c1cnn(-c2ccncc2)c1C(F)F)N1CCNC(c2ccncc2)C1. The minimum atomic E-state index is -2.84. The molecule has 0 aromatic carbocycles. The van der Waals surface area contributed by atoms with Gasteiger partial charge in [0.15, 0.2) is 0 Å². The summed E-state index contributed by atoms with van der Waals surface area (Å²) in [5, 5.41) is 7.38. The van der Waals surface area contributed by atoms with Crippen molar-refractivity contribution in [2.45, 2.75) is 12.5 Å². The number of nitrogens with zero attached hydrogens (tertiary/aromatic N) is 5. The number of carbonyl (C=O) groups is 1. The highest BCUT2D eigenvalue weighted by atomic mass is 19.3. The van der Waals surface area contributed by atoms with E-state index in [-0.39, 0.29) is 11.6 Å². The lowest BCUT2D eigenvalue weighted by Crippen LogP contribution is -2.48. The summed E-state index contributed by atoms with van der Waals surface area (Å²) in [4.78, 5) is 22.5. The van der Waals surface area contributed by atoms with E-state index in [1.54, 1.807) is 29.4 Å². The fourth-order valence-electron chi connectivity index (χ4n) is 3.35. The van der Waals surface area contributed by atoms with E-state index < -0.39 is 18.0 Å². The largest absolute Gasteiger partial charge is 0.335 e. The molecular weight excluding hydrogens is 366 g/mol. The van der Waals surface area contributed by atoms with Crippen LogP contribution in [0.15, 0.2) is 55.2 Å². The van der Waals surface area contributed by atoms with Gasteiger partial charge in [-0.15, -0.1) is 0 Å². The number of amides is 1. The van der Waals surface area contributed by atoms with Gasteiger partial charge in [0.25, 0.3) is 12.3 Å². The number of halogens is 2. The van der Waals surface area contributed by atoms with Crippen LogP contribution in [0, 0.1) is 0 Å². The molecule has 28 heavy (non-hydrogen) atoms. The molecule has 0 radical (unpaired) electrons. The molecule has 3 aromatic heterocycles. The molecule has 0 aliphatic carbocycles. The van der Waals surface area contributed by atoms with Crippen molar-refractivity contribution in [3.63, 3.8) is 0 Å². The zero-order chi connectivity index (χ0) is 19.5. The fourth-order valence-corrected chi connectivity index (χ4v) is 3.35. The molecule has 1 unspecified atom stereocenters. The first-order valence-corrected chi connectivity index (χ1v) is 8.84. The van der Waals surface area contributed by atoms with Gasteiger partial charge in [-0.05, 0) is 29.8 Å². The van der Waals surface area contributed by atoms with Gasteiger partial charge in [0.1, 0.15) is 5.69 Å². The average Bonchev–Trinajstić information content (AvgIpc) is 3.20. The van der Waals surface area contributed by atoms with Gasteiger partial charge in [-0.1, -0.05) is 0 Å². The first kappa shape index (κ1) is 18.2. The normalized spacial score (nSPS) is 17.1. The van der Waals surface area contributed by atoms with Crippen LogP contribution < -0.4 is 5.32 Å². The molecule has 1 aliphatic heterocycles. The van der Waals surface area contributed by atoms with Crippen LogP contribution in [-0.4, -0.2) is 50.2 Å². The Balaban J connectivity index is 1.62. The predicted octanol–water partition coefficient (Wildman–Crippen LogP) is 2.39. The summed E-state index contributed by atoms with van der Waals surface area (Å²) in [7, 11) is 0. The van der Waals surface area contributed by atoms with Crippen LogP contribution in [-0.2, 0) is 0 Å². The quantitative estimate of drug-likeness (QED) is 0.748. The maximum Gasteiger partial charge on any atom is 0.281 e. The first-order chi connectivity index (χ1) is 13.6. The van der Waals surface area contributed by atoms with E-state index in [9.17, 15) is 13.6 Å². The Bertz CT molecular complexity index is 948. The van der Waals surface area contributed by atoms with Crippen LogP contribution >= 0.6 is 0 Å². The molecule has 1 aliphatic rings. The monoisotopic (exact) mass is 384 g/mol. The Morgan fingerprint density at radius 3 is 2.46 bits per heavy atom.